The standard InChI is InChI=1S/C34H30F3NO2/c1-3-17-38-18-15-25(16-19-38)23-5-7-26(8-6-23)32-22-29(33(39)40-4-2)21-28-20-27(11-14-31(28)32)24-9-12-30(13-10-24)34(35,36)37/h1,5-14,20-22,25H,4,15-19H2,2H3. The van der Waals surface area contributed by atoms with Crippen LogP contribution in [0.3, 0.4) is 0 Å². The first-order valence-electron chi connectivity index (χ1n) is 13.5. The lowest BCUT2D eigenvalue weighted by atomic mass is 9.87. The van der Waals surface area contributed by atoms with E-state index in [1.165, 1.54) is 17.7 Å². The number of likely N-dealkylation sites (tertiary alicyclic amines) is 1. The molecule has 0 spiro atoms. The van der Waals surface area contributed by atoms with Gasteiger partial charge in [-0.05, 0) is 108 Å². The number of fused-ring (bicyclic) bond motifs is 1. The molecule has 4 aromatic carbocycles. The molecule has 6 heteroatoms. The molecule has 1 saturated heterocycles. The van der Waals surface area contributed by atoms with Crippen LogP contribution in [0.2, 0.25) is 0 Å². The maximum Gasteiger partial charge on any atom is 0.416 e. The third kappa shape index (κ3) is 5.90. The summed E-state index contributed by atoms with van der Waals surface area (Å²) >= 11 is 0. The summed E-state index contributed by atoms with van der Waals surface area (Å²) in [5, 5.41) is 1.75. The fraction of sp³-hybridized carbons (Fsp3) is 0.265. The number of terminal acetylenes is 1. The molecule has 3 nitrogen and oxygen atoms in total. The van der Waals surface area contributed by atoms with Crippen molar-refractivity contribution in [3.63, 3.8) is 0 Å². The van der Waals surface area contributed by atoms with Gasteiger partial charge in [0.2, 0.25) is 0 Å². The van der Waals surface area contributed by atoms with Crippen LogP contribution in [0.25, 0.3) is 33.0 Å². The number of hydrogen-bond donors (Lipinski definition) is 0. The lowest BCUT2D eigenvalue weighted by molar-refractivity contribution is -0.137. The van der Waals surface area contributed by atoms with Crippen molar-refractivity contribution >= 4 is 16.7 Å². The Hall–Kier alpha value is -4.08. The number of esters is 1. The van der Waals surface area contributed by atoms with E-state index >= 15 is 0 Å². The summed E-state index contributed by atoms with van der Waals surface area (Å²) in [5.74, 6) is 2.79. The second-order valence-electron chi connectivity index (χ2n) is 10.1. The van der Waals surface area contributed by atoms with E-state index in [1.54, 1.807) is 13.0 Å². The average molecular weight is 542 g/mol. The van der Waals surface area contributed by atoms with Crippen LogP contribution >= 0.6 is 0 Å². The summed E-state index contributed by atoms with van der Waals surface area (Å²) in [6, 6.07) is 23.0. The molecule has 4 aromatic rings. The van der Waals surface area contributed by atoms with E-state index in [4.69, 9.17) is 11.2 Å². The summed E-state index contributed by atoms with van der Waals surface area (Å²) in [4.78, 5) is 15.0. The summed E-state index contributed by atoms with van der Waals surface area (Å²) in [6.07, 6.45) is 3.20. The third-order valence-electron chi connectivity index (χ3n) is 7.60. The van der Waals surface area contributed by atoms with E-state index in [1.807, 2.05) is 24.3 Å². The quantitative estimate of drug-likeness (QED) is 0.182. The number of rotatable bonds is 6. The first-order valence-corrected chi connectivity index (χ1v) is 13.5. The van der Waals surface area contributed by atoms with Crippen molar-refractivity contribution in [1.82, 2.24) is 4.90 Å². The van der Waals surface area contributed by atoms with E-state index in [-0.39, 0.29) is 6.61 Å². The highest BCUT2D eigenvalue weighted by molar-refractivity contribution is 6.04. The van der Waals surface area contributed by atoms with Crippen LogP contribution in [-0.2, 0) is 10.9 Å². The second kappa shape index (κ2) is 11.6. The summed E-state index contributed by atoms with van der Waals surface area (Å²) in [6.45, 7) is 4.69. The number of hydrogen-bond acceptors (Lipinski definition) is 3. The van der Waals surface area contributed by atoms with Crippen LogP contribution in [0, 0.1) is 12.3 Å². The van der Waals surface area contributed by atoms with Crippen molar-refractivity contribution in [2.75, 3.05) is 26.2 Å². The van der Waals surface area contributed by atoms with Crippen LogP contribution in [0.1, 0.15) is 47.2 Å². The number of carbonyl (C=O) groups excluding carboxylic acids is 1. The molecule has 1 aliphatic heterocycles. The molecule has 0 N–H and O–H groups in total. The Morgan fingerprint density at radius 2 is 1.57 bits per heavy atom. The second-order valence-corrected chi connectivity index (χ2v) is 10.1. The SMILES string of the molecule is C#CCN1CCC(c2ccc(-c3cc(C(=O)OCC)cc4cc(-c5ccc(C(F)(F)F)cc5)ccc34)cc2)CC1. The van der Waals surface area contributed by atoms with Gasteiger partial charge in [0.15, 0.2) is 0 Å². The molecule has 204 valence electrons. The molecule has 0 bridgehead atoms. The first kappa shape index (κ1) is 27.5. The minimum Gasteiger partial charge on any atom is -0.462 e. The molecule has 40 heavy (non-hydrogen) atoms. The molecule has 1 aliphatic rings. The number of ether oxygens (including phenoxy) is 1. The molecule has 0 radical (unpaired) electrons. The lowest BCUT2D eigenvalue weighted by Crippen LogP contribution is -2.33. The number of carbonyl (C=O) groups is 1. The summed E-state index contributed by atoms with van der Waals surface area (Å²) in [5.41, 5.74) is 4.33. The fourth-order valence-electron chi connectivity index (χ4n) is 5.46. The number of halogens is 3. The fourth-order valence-corrected chi connectivity index (χ4v) is 5.46. The van der Waals surface area contributed by atoms with Crippen LogP contribution in [0.15, 0.2) is 78.9 Å². The van der Waals surface area contributed by atoms with Crippen molar-refractivity contribution in [3.8, 4) is 34.6 Å². The van der Waals surface area contributed by atoms with Gasteiger partial charge in [0.1, 0.15) is 0 Å². The number of piperidine rings is 1. The molecule has 1 heterocycles. The molecule has 0 aromatic heterocycles. The molecule has 1 fully saturated rings. The zero-order chi connectivity index (χ0) is 28.3. The van der Waals surface area contributed by atoms with Gasteiger partial charge in [-0.2, -0.15) is 13.2 Å². The van der Waals surface area contributed by atoms with Crippen LogP contribution in [0.5, 0.6) is 0 Å². The molecule has 0 aliphatic carbocycles. The van der Waals surface area contributed by atoms with Crippen LogP contribution in [-0.4, -0.2) is 37.1 Å². The summed E-state index contributed by atoms with van der Waals surface area (Å²) in [7, 11) is 0. The van der Waals surface area contributed by atoms with Crippen molar-refractivity contribution in [2.24, 2.45) is 0 Å². The molecular formula is C34H30F3NO2. The minimum atomic E-state index is -4.39. The Bertz CT molecular complexity index is 1540. The Labute approximate surface area is 232 Å². The van der Waals surface area contributed by atoms with E-state index in [0.717, 1.165) is 65.5 Å². The third-order valence-corrected chi connectivity index (χ3v) is 7.60. The van der Waals surface area contributed by atoms with Gasteiger partial charge in [0.25, 0.3) is 0 Å². The van der Waals surface area contributed by atoms with E-state index in [9.17, 15) is 18.0 Å². The smallest absolute Gasteiger partial charge is 0.416 e. The van der Waals surface area contributed by atoms with Gasteiger partial charge >= 0.3 is 12.1 Å². The highest BCUT2D eigenvalue weighted by atomic mass is 19.4. The van der Waals surface area contributed by atoms with E-state index < -0.39 is 17.7 Å². The Morgan fingerprint density at radius 1 is 0.925 bits per heavy atom. The highest BCUT2D eigenvalue weighted by Crippen LogP contribution is 2.36. The van der Waals surface area contributed by atoms with Gasteiger partial charge < -0.3 is 4.74 Å². The topological polar surface area (TPSA) is 29.5 Å². The average Bonchev–Trinajstić information content (AvgIpc) is 2.97. The van der Waals surface area contributed by atoms with E-state index in [2.05, 4.69) is 35.1 Å². The van der Waals surface area contributed by atoms with Crippen molar-refractivity contribution in [2.45, 2.75) is 31.9 Å². The van der Waals surface area contributed by atoms with Gasteiger partial charge in [-0.25, -0.2) is 4.79 Å². The Morgan fingerprint density at radius 3 is 2.20 bits per heavy atom. The van der Waals surface area contributed by atoms with Gasteiger partial charge in [-0.15, -0.1) is 6.42 Å². The first-order chi connectivity index (χ1) is 19.3. The molecule has 0 saturated carbocycles. The van der Waals surface area contributed by atoms with Gasteiger partial charge in [0.05, 0.1) is 24.3 Å². The predicted octanol–water partition coefficient (Wildman–Crippen LogP) is 8.18. The predicted molar refractivity (Wildman–Crippen MR) is 153 cm³/mol. The maximum atomic E-state index is 13.0. The zero-order valence-electron chi connectivity index (χ0n) is 22.3. The molecule has 0 atom stereocenters. The van der Waals surface area contributed by atoms with Crippen LogP contribution in [0.4, 0.5) is 13.2 Å². The molecule has 5 rings (SSSR count). The molecular weight excluding hydrogens is 511 g/mol. The normalized spacial score (nSPS) is 14.7. The van der Waals surface area contributed by atoms with E-state index in [0.29, 0.717) is 23.6 Å². The highest BCUT2D eigenvalue weighted by Gasteiger charge is 2.30. The molecule has 0 amide bonds. The number of nitrogens with zero attached hydrogens (tertiary/aromatic N) is 1. The van der Waals surface area contributed by atoms with Crippen molar-refractivity contribution < 1.29 is 22.7 Å². The van der Waals surface area contributed by atoms with Gasteiger partial charge in [0, 0.05) is 0 Å². The van der Waals surface area contributed by atoms with Crippen molar-refractivity contribution in [1.29, 1.82) is 0 Å². The van der Waals surface area contributed by atoms with Gasteiger partial charge in [-0.1, -0.05) is 54.5 Å². The molecule has 0 unspecified atom stereocenters. The van der Waals surface area contributed by atoms with Gasteiger partial charge in [-0.3, -0.25) is 4.90 Å². The number of alkyl halides is 3. The Balaban J connectivity index is 1.49. The Kier molecular flexibility index (Phi) is 7.95. The number of benzene rings is 4. The largest absolute Gasteiger partial charge is 0.462 e. The van der Waals surface area contributed by atoms with Crippen LogP contribution < -0.4 is 0 Å². The zero-order valence-corrected chi connectivity index (χ0v) is 22.3. The lowest BCUT2D eigenvalue weighted by Gasteiger charge is -2.30. The monoisotopic (exact) mass is 541 g/mol. The summed E-state index contributed by atoms with van der Waals surface area (Å²) < 4.78 is 44.4. The van der Waals surface area contributed by atoms with Crippen molar-refractivity contribution in [3.05, 3.63) is 95.6 Å². The minimum absolute atomic E-state index is 0.257. The maximum absolute atomic E-state index is 13.0.